The van der Waals surface area contributed by atoms with Crippen molar-refractivity contribution in [2.45, 2.75) is 38.0 Å². The maximum atomic E-state index is 13.4. The molecule has 1 saturated carbocycles. The topological polar surface area (TPSA) is 37.4 Å². The maximum Gasteiger partial charge on any atom is 0.243 e. The molecule has 1 aliphatic heterocycles. The Morgan fingerprint density at radius 2 is 1.74 bits per heavy atom. The molecule has 2 aliphatic rings. The third-order valence-electron chi connectivity index (χ3n) is 6.16. The summed E-state index contributed by atoms with van der Waals surface area (Å²) in [5, 5.41) is 1.71. The molecule has 2 aromatic rings. The zero-order chi connectivity index (χ0) is 22.5. The van der Waals surface area contributed by atoms with Crippen molar-refractivity contribution in [2.24, 2.45) is 5.92 Å². The van der Waals surface area contributed by atoms with Gasteiger partial charge in [-0.25, -0.2) is 8.42 Å². The van der Waals surface area contributed by atoms with Gasteiger partial charge >= 0.3 is 0 Å². The van der Waals surface area contributed by atoms with E-state index >= 15 is 0 Å². The summed E-state index contributed by atoms with van der Waals surface area (Å²) in [5.41, 5.74) is 5.03. The van der Waals surface area contributed by atoms with E-state index in [-0.39, 0.29) is 18.4 Å². The van der Waals surface area contributed by atoms with Crippen LogP contribution < -0.4 is 0 Å². The minimum Gasteiger partial charge on any atom is -0.207 e. The van der Waals surface area contributed by atoms with Crippen LogP contribution in [0.25, 0.3) is 0 Å². The quantitative estimate of drug-likeness (QED) is 0.460. The maximum absolute atomic E-state index is 13.4. The molecule has 1 fully saturated rings. The number of rotatable bonds is 4. The highest BCUT2D eigenvalue weighted by Gasteiger charge is 2.46. The Morgan fingerprint density at radius 1 is 1.06 bits per heavy atom. The minimum atomic E-state index is -3.62. The fraction of sp³-hybridized carbons (Fsp3) is 0.333. The van der Waals surface area contributed by atoms with E-state index in [1.54, 1.807) is 22.5 Å². The summed E-state index contributed by atoms with van der Waals surface area (Å²) in [5.74, 6) is 0.209. The molecule has 0 aromatic heterocycles. The van der Waals surface area contributed by atoms with E-state index in [1.807, 2.05) is 45.0 Å². The van der Waals surface area contributed by atoms with Crippen LogP contribution in [0.1, 0.15) is 37.3 Å². The van der Waals surface area contributed by atoms with Gasteiger partial charge in [-0.2, -0.15) is 4.31 Å². The summed E-state index contributed by atoms with van der Waals surface area (Å²) in [4.78, 5) is 0.308. The number of hydrogen-bond acceptors (Lipinski definition) is 2. The lowest BCUT2D eigenvalue weighted by molar-refractivity contribution is 0.275. The van der Waals surface area contributed by atoms with Gasteiger partial charge in [0.25, 0.3) is 0 Å². The van der Waals surface area contributed by atoms with Crippen LogP contribution in [0.15, 0.2) is 69.1 Å². The van der Waals surface area contributed by atoms with Gasteiger partial charge in [0, 0.05) is 24.0 Å². The third kappa shape index (κ3) is 4.09. The number of benzene rings is 2. The minimum absolute atomic E-state index is 0.100. The highest BCUT2D eigenvalue weighted by molar-refractivity contribution is 7.89. The molecule has 0 bridgehead atoms. The number of hydrogen-bond donors (Lipinski definition) is 0. The SMILES string of the molecule is CC(C)=C(Cl)C1=C2[C@H](C[C@H]2c2cccc(Cl)c2Cl)CN(S(=O)(=O)c2ccc(C)cc2)C1. The number of halogens is 3. The van der Waals surface area contributed by atoms with Crippen LogP contribution in [-0.4, -0.2) is 25.8 Å². The van der Waals surface area contributed by atoms with Crippen molar-refractivity contribution in [2.75, 3.05) is 13.1 Å². The van der Waals surface area contributed by atoms with E-state index in [1.165, 1.54) is 5.57 Å². The molecule has 7 heteroatoms. The van der Waals surface area contributed by atoms with E-state index in [0.717, 1.165) is 28.7 Å². The van der Waals surface area contributed by atoms with E-state index in [9.17, 15) is 8.42 Å². The molecule has 2 atom stereocenters. The summed E-state index contributed by atoms with van der Waals surface area (Å²) in [6.45, 7) is 6.52. The second kappa shape index (κ2) is 8.57. The highest BCUT2D eigenvalue weighted by atomic mass is 35.5. The smallest absolute Gasteiger partial charge is 0.207 e. The van der Waals surface area contributed by atoms with Crippen LogP contribution in [0.5, 0.6) is 0 Å². The molecule has 0 unspecified atom stereocenters. The standard InChI is InChI=1S/C24H24Cl3NO2S/c1-14(2)23(26)20-13-28(31(29,30)17-9-7-15(3)8-10-17)12-16-11-19(22(16)20)18-5-4-6-21(25)24(18)27/h4-10,16,19H,11-13H2,1-3H3/t16-,19+/m1/s1. The van der Waals surface area contributed by atoms with Gasteiger partial charge in [-0.05, 0) is 62.4 Å². The van der Waals surface area contributed by atoms with Crippen molar-refractivity contribution in [3.63, 3.8) is 0 Å². The van der Waals surface area contributed by atoms with Gasteiger partial charge in [-0.15, -0.1) is 0 Å². The fourth-order valence-electron chi connectivity index (χ4n) is 4.49. The number of nitrogens with zero attached hydrogens (tertiary/aromatic N) is 1. The molecule has 3 nitrogen and oxygen atoms in total. The van der Waals surface area contributed by atoms with Crippen LogP contribution >= 0.6 is 34.8 Å². The van der Waals surface area contributed by atoms with Crippen LogP contribution in [0.3, 0.4) is 0 Å². The summed E-state index contributed by atoms with van der Waals surface area (Å²) in [7, 11) is -3.62. The van der Waals surface area contributed by atoms with Crippen molar-refractivity contribution >= 4 is 44.8 Å². The number of aryl methyl sites for hydroxylation is 1. The van der Waals surface area contributed by atoms with Crippen LogP contribution in [0.4, 0.5) is 0 Å². The molecule has 1 aliphatic carbocycles. The highest BCUT2D eigenvalue weighted by Crippen LogP contribution is 2.54. The van der Waals surface area contributed by atoms with E-state index in [4.69, 9.17) is 34.8 Å². The first kappa shape index (κ1) is 22.9. The molecule has 31 heavy (non-hydrogen) atoms. The average molecular weight is 497 g/mol. The Kier molecular flexibility index (Phi) is 6.32. The van der Waals surface area contributed by atoms with Gasteiger partial charge in [-0.1, -0.05) is 75.8 Å². The van der Waals surface area contributed by atoms with Gasteiger partial charge in [-0.3, -0.25) is 0 Å². The first-order valence-electron chi connectivity index (χ1n) is 10.2. The molecule has 1 heterocycles. The largest absolute Gasteiger partial charge is 0.243 e. The summed E-state index contributed by atoms with van der Waals surface area (Å²) in [6.07, 6.45) is 0.811. The Balaban J connectivity index is 1.77. The zero-order valence-electron chi connectivity index (χ0n) is 17.6. The summed E-state index contributed by atoms with van der Waals surface area (Å²) in [6, 6.07) is 12.6. The molecular formula is C24H24Cl3NO2S. The predicted octanol–water partition coefficient (Wildman–Crippen LogP) is 6.94. The molecule has 0 radical (unpaired) electrons. The Morgan fingerprint density at radius 3 is 2.39 bits per heavy atom. The molecule has 0 amide bonds. The normalized spacial score (nSPS) is 21.5. The summed E-state index contributed by atoms with van der Waals surface area (Å²) >= 11 is 19.5. The number of fused-ring (bicyclic) bond motifs is 1. The Bertz CT molecular complexity index is 1200. The van der Waals surface area contributed by atoms with Gasteiger partial charge < -0.3 is 0 Å². The molecule has 2 aromatic carbocycles. The lowest BCUT2D eigenvalue weighted by atomic mass is 9.63. The van der Waals surface area contributed by atoms with Crippen LogP contribution in [0.2, 0.25) is 10.0 Å². The van der Waals surface area contributed by atoms with Gasteiger partial charge in [0.05, 0.1) is 14.9 Å². The molecule has 0 spiro atoms. The molecule has 4 rings (SSSR count). The molecule has 0 saturated heterocycles. The van der Waals surface area contributed by atoms with Crippen molar-refractivity contribution in [1.82, 2.24) is 4.31 Å². The molecule has 164 valence electrons. The summed E-state index contributed by atoms with van der Waals surface area (Å²) < 4.78 is 28.3. The Hall–Kier alpha value is -1.30. The van der Waals surface area contributed by atoms with E-state index < -0.39 is 10.0 Å². The van der Waals surface area contributed by atoms with Gasteiger partial charge in [0.1, 0.15) is 0 Å². The van der Waals surface area contributed by atoms with Crippen molar-refractivity contribution in [3.05, 3.63) is 85.4 Å². The number of allylic oxidation sites excluding steroid dienone is 1. The first-order valence-corrected chi connectivity index (χ1v) is 12.8. The molecule has 0 N–H and O–H groups in total. The zero-order valence-corrected chi connectivity index (χ0v) is 20.7. The van der Waals surface area contributed by atoms with Crippen molar-refractivity contribution in [3.8, 4) is 0 Å². The first-order chi connectivity index (χ1) is 14.6. The van der Waals surface area contributed by atoms with Crippen LogP contribution in [-0.2, 0) is 10.0 Å². The van der Waals surface area contributed by atoms with Crippen molar-refractivity contribution < 1.29 is 8.42 Å². The van der Waals surface area contributed by atoms with E-state index in [2.05, 4.69) is 0 Å². The monoisotopic (exact) mass is 495 g/mol. The lowest BCUT2D eigenvalue weighted by Crippen LogP contribution is -2.47. The van der Waals surface area contributed by atoms with Crippen LogP contribution in [0, 0.1) is 12.8 Å². The number of sulfonamides is 1. The fourth-order valence-corrected chi connectivity index (χ4v) is 6.56. The van der Waals surface area contributed by atoms with Gasteiger partial charge in [0.2, 0.25) is 10.0 Å². The Labute approximate surface area is 199 Å². The van der Waals surface area contributed by atoms with E-state index in [0.29, 0.717) is 26.5 Å². The molecular weight excluding hydrogens is 473 g/mol. The van der Waals surface area contributed by atoms with Crippen molar-refractivity contribution in [1.29, 1.82) is 0 Å². The second-order valence-electron chi connectivity index (χ2n) is 8.49. The lowest BCUT2D eigenvalue weighted by Gasteiger charge is -2.47. The van der Waals surface area contributed by atoms with Gasteiger partial charge in [0.15, 0.2) is 0 Å². The third-order valence-corrected chi connectivity index (χ3v) is 9.43. The second-order valence-corrected chi connectivity index (χ2v) is 11.6. The predicted molar refractivity (Wildman–Crippen MR) is 129 cm³/mol. The average Bonchev–Trinajstić information content (AvgIpc) is 2.71.